The second-order valence-corrected chi connectivity index (χ2v) is 8.40. The van der Waals surface area contributed by atoms with Crippen LogP contribution in [0.25, 0.3) is 21.7 Å². The number of hydrogen-bond donors (Lipinski definition) is 0. The molecule has 7 nitrogen and oxygen atoms in total. The lowest BCUT2D eigenvalue weighted by Gasteiger charge is -2.09. The number of carbonyl (C=O) groups is 1. The molecule has 4 aromatic rings. The van der Waals surface area contributed by atoms with Gasteiger partial charge in [0.25, 0.3) is 5.56 Å². The average Bonchev–Trinajstić information content (AvgIpc) is 3.28. The van der Waals surface area contributed by atoms with Gasteiger partial charge >= 0.3 is 5.97 Å². The number of esters is 1. The van der Waals surface area contributed by atoms with Gasteiger partial charge in [-0.1, -0.05) is 11.6 Å². The Bertz CT molecular complexity index is 1320. The lowest BCUT2D eigenvalue weighted by Crippen LogP contribution is -2.21. The van der Waals surface area contributed by atoms with E-state index in [4.69, 9.17) is 21.3 Å². The first-order valence-electron chi connectivity index (χ1n) is 9.47. The van der Waals surface area contributed by atoms with E-state index in [1.165, 1.54) is 14.0 Å². The maximum absolute atomic E-state index is 13.5. The molecule has 3 aromatic heterocycles. The summed E-state index contributed by atoms with van der Waals surface area (Å²) in [6.45, 7) is 1.90. The maximum atomic E-state index is 13.5. The molecule has 0 saturated carbocycles. The van der Waals surface area contributed by atoms with E-state index in [1.807, 2.05) is 0 Å². The van der Waals surface area contributed by atoms with E-state index in [0.29, 0.717) is 20.9 Å². The van der Waals surface area contributed by atoms with Gasteiger partial charge in [-0.25, -0.2) is 14.2 Å². The van der Waals surface area contributed by atoms with Crippen LogP contribution in [0.2, 0.25) is 5.02 Å². The first-order chi connectivity index (χ1) is 14.1. The number of thiophene rings is 1. The van der Waals surface area contributed by atoms with Gasteiger partial charge in [0.05, 0.1) is 17.7 Å². The fraction of sp³-hybridized carbons (Fsp3) is 0.300. The minimum atomic E-state index is -0.655. The molecule has 9 heteroatoms. The van der Waals surface area contributed by atoms with Gasteiger partial charge in [-0.15, -0.1) is 16.4 Å². The lowest BCUT2D eigenvalue weighted by atomic mass is 9.97. The largest absolute Gasteiger partial charge is 0.460 e. The van der Waals surface area contributed by atoms with Crippen LogP contribution in [-0.2, 0) is 17.6 Å². The second-order valence-electron chi connectivity index (χ2n) is 6.88. The molecule has 0 atom stereocenters. The Morgan fingerprint density at radius 1 is 1.24 bits per heavy atom. The van der Waals surface area contributed by atoms with Crippen molar-refractivity contribution in [2.45, 2.75) is 32.6 Å². The van der Waals surface area contributed by atoms with Gasteiger partial charge in [0.2, 0.25) is 11.6 Å². The summed E-state index contributed by atoms with van der Waals surface area (Å²) in [4.78, 5) is 32.7. The summed E-state index contributed by atoms with van der Waals surface area (Å²) < 4.78 is 7.91. The van der Waals surface area contributed by atoms with E-state index in [-0.39, 0.29) is 23.8 Å². The molecule has 29 heavy (non-hydrogen) atoms. The SMILES string of the molecule is CCOC(=O)c1nn(-c2ccc(Cl)cc2)c2nc3sc4c(c3c(=O)n12)CCCC4. The van der Waals surface area contributed by atoms with Crippen molar-refractivity contribution < 1.29 is 9.53 Å². The van der Waals surface area contributed by atoms with Crippen molar-refractivity contribution in [3.63, 3.8) is 0 Å². The van der Waals surface area contributed by atoms with Gasteiger partial charge in [-0.2, -0.15) is 4.68 Å². The molecule has 1 aliphatic rings. The zero-order valence-corrected chi connectivity index (χ0v) is 17.2. The molecule has 0 amide bonds. The number of hydrogen-bond acceptors (Lipinski definition) is 6. The Hall–Kier alpha value is -2.71. The van der Waals surface area contributed by atoms with Crippen molar-refractivity contribution in [2.75, 3.05) is 6.61 Å². The topological polar surface area (TPSA) is 78.5 Å². The van der Waals surface area contributed by atoms with Crippen LogP contribution in [0.1, 0.15) is 40.8 Å². The standard InChI is InChI=1S/C20H17ClN4O3S/c1-2-28-19(27)16-23-25(12-9-7-11(21)8-10-12)20-22-17-15(18(26)24(16)20)13-5-3-4-6-14(13)29-17/h7-10H,2-6H2,1H3. The molecule has 0 bridgehead atoms. The molecule has 3 heterocycles. The summed E-state index contributed by atoms with van der Waals surface area (Å²) in [6, 6.07) is 6.97. The summed E-state index contributed by atoms with van der Waals surface area (Å²) in [5, 5.41) is 5.57. The Morgan fingerprint density at radius 2 is 2.00 bits per heavy atom. The van der Waals surface area contributed by atoms with Crippen LogP contribution in [0.3, 0.4) is 0 Å². The number of aryl methyl sites for hydroxylation is 2. The van der Waals surface area contributed by atoms with Crippen molar-refractivity contribution in [3.05, 3.63) is 55.9 Å². The van der Waals surface area contributed by atoms with Crippen molar-refractivity contribution in [1.82, 2.24) is 19.2 Å². The highest BCUT2D eigenvalue weighted by Crippen LogP contribution is 2.34. The Morgan fingerprint density at radius 3 is 2.76 bits per heavy atom. The molecule has 148 valence electrons. The zero-order valence-electron chi connectivity index (χ0n) is 15.6. The number of halogens is 1. The lowest BCUT2D eigenvalue weighted by molar-refractivity contribution is 0.0509. The van der Waals surface area contributed by atoms with Crippen LogP contribution < -0.4 is 5.56 Å². The van der Waals surface area contributed by atoms with Gasteiger partial charge in [0.1, 0.15) is 4.83 Å². The number of nitrogens with zero attached hydrogens (tertiary/aromatic N) is 4. The van der Waals surface area contributed by atoms with Crippen LogP contribution in [0.5, 0.6) is 0 Å². The van der Waals surface area contributed by atoms with E-state index >= 15 is 0 Å². The van der Waals surface area contributed by atoms with E-state index in [9.17, 15) is 9.59 Å². The third-order valence-corrected chi connectivity index (χ3v) is 6.53. The normalized spacial score (nSPS) is 13.7. The molecule has 0 N–H and O–H groups in total. The number of fused-ring (bicyclic) bond motifs is 4. The molecule has 0 radical (unpaired) electrons. The molecule has 0 saturated heterocycles. The number of aromatic nitrogens is 4. The van der Waals surface area contributed by atoms with Crippen molar-refractivity contribution in [1.29, 1.82) is 0 Å². The average molecular weight is 429 g/mol. The van der Waals surface area contributed by atoms with E-state index in [2.05, 4.69) is 5.10 Å². The van der Waals surface area contributed by atoms with Gasteiger partial charge < -0.3 is 4.74 Å². The fourth-order valence-electron chi connectivity index (χ4n) is 3.79. The molecule has 0 spiro atoms. The summed E-state index contributed by atoms with van der Waals surface area (Å²) in [5.74, 6) is -0.448. The number of benzene rings is 1. The Balaban J connectivity index is 1.86. The molecular formula is C20H17ClN4O3S. The quantitative estimate of drug-likeness (QED) is 0.464. The highest BCUT2D eigenvalue weighted by Gasteiger charge is 2.26. The van der Waals surface area contributed by atoms with Gasteiger partial charge in [0.15, 0.2) is 0 Å². The Labute approximate surface area is 174 Å². The van der Waals surface area contributed by atoms with Crippen molar-refractivity contribution in [3.8, 4) is 5.69 Å². The predicted molar refractivity (Wildman–Crippen MR) is 112 cm³/mol. The van der Waals surface area contributed by atoms with Crippen LogP contribution in [0.15, 0.2) is 29.1 Å². The smallest absolute Gasteiger partial charge is 0.376 e. The van der Waals surface area contributed by atoms with Crippen molar-refractivity contribution in [2.24, 2.45) is 0 Å². The molecular weight excluding hydrogens is 412 g/mol. The zero-order chi connectivity index (χ0) is 20.1. The summed E-state index contributed by atoms with van der Waals surface area (Å²) in [6.07, 6.45) is 3.99. The molecule has 0 unspecified atom stereocenters. The highest BCUT2D eigenvalue weighted by molar-refractivity contribution is 7.18. The molecule has 5 rings (SSSR count). The third kappa shape index (κ3) is 2.86. The van der Waals surface area contributed by atoms with Crippen molar-refractivity contribution >= 4 is 44.9 Å². The Kier molecular flexibility index (Phi) is 4.40. The minimum absolute atomic E-state index is 0.0769. The van der Waals surface area contributed by atoms with Crippen LogP contribution >= 0.6 is 22.9 Å². The van der Waals surface area contributed by atoms with Gasteiger partial charge in [0, 0.05) is 9.90 Å². The second kappa shape index (κ2) is 6.96. The molecule has 1 aliphatic carbocycles. The number of rotatable bonds is 3. The van der Waals surface area contributed by atoms with E-state index in [1.54, 1.807) is 42.5 Å². The molecule has 0 fully saturated rings. The molecule has 0 aliphatic heterocycles. The van der Waals surface area contributed by atoms with E-state index in [0.717, 1.165) is 31.2 Å². The minimum Gasteiger partial charge on any atom is -0.460 e. The number of carbonyl (C=O) groups excluding carboxylic acids is 1. The summed E-state index contributed by atoms with van der Waals surface area (Å²) in [5.41, 5.74) is 1.44. The predicted octanol–water partition coefficient (Wildman–Crippen LogP) is 3.80. The monoisotopic (exact) mass is 428 g/mol. The third-order valence-electron chi connectivity index (χ3n) is 5.10. The van der Waals surface area contributed by atoms with Gasteiger partial charge in [-0.05, 0) is 62.4 Å². The number of ether oxygens (including phenoxy) is 1. The molecule has 1 aromatic carbocycles. The summed E-state index contributed by atoms with van der Waals surface area (Å²) in [7, 11) is 0. The van der Waals surface area contributed by atoms with E-state index < -0.39 is 5.97 Å². The van der Waals surface area contributed by atoms with Crippen LogP contribution in [0.4, 0.5) is 0 Å². The fourth-order valence-corrected chi connectivity index (χ4v) is 5.17. The first kappa shape index (κ1) is 18.3. The van der Waals surface area contributed by atoms with Crippen LogP contribution in [-0.4, -0.2) is 31.7 Å². The highest BCUT2D eigenvalue weighted by atomic mass is 35.5. The summed E-state index contributed by atoms with van der Waals surface area (Å²) >= 11 is 7.56. The first-order valence-corrected chi connectivity index (χ1v) is 10.7. The maximum Gasteiger partial charge on any atom is 0.376 e. The van der Waals surface area contributed by atoms with Crippen LogP contribution in [0, 0.1) is 0 Å². The van der Waals surface area contributed by atoms with Gasteiger partial charge in [-0.3, -0.25) is 4.79 Å².